The molecule has 0 aliphatic carbocycles. The number of hydrogen-bond donors (Lipinski definition) is 2. The van der Waals surface area contributed by atoms with Gasteiger partial charge in [0.25, 0.3) is 11.8 Å². The SMILES string of the molecule is Cn1cc(C(=O)NNC(=O)c2ccc(Br)cc2)c(-c2ccc(F)cc2F)n1. The van der Waals surface area contributed by atoms with Crippen molar-refractivity contribution in [3.05, 3.63) is 75.9 Å². The maximum absolute atomic E-state index is 14.1. The molecule has 3 aromatic rings. The van der Waals surface area contributed by atoms with Crippen LogP contribution in [0, 0.1) is 11.6 Å². The van der Waals surface area contributed by atoms with Crippen LogP contribution in [0.5, 0.6) is 0 Å². The van der Waals surface area contributed by atoms with Gasteiger partial charge in [0.2, 0.25) is 0 Å². The molecule has 0 saturated heterocycles. The number of amides is 2. The van der Waals surface area contributed by atoms with Crippen LogP contribution in [0.1, 0.15) is 20.7 Å². The zero-order valence-corrected chi connectivity index (χ0v) is 15.5. The van der Waals surface area contributed by atoms with Crippen molar-refractivity contribution in [2.75, 3.05) is 0 Å². The van der Waals surface area contributed by atoms with Gasteiger partial charge in [-0.1, -0.05) is 15.9 Å². The van der Waals surface area contributed by atoms with Crippen molar-refractivity contribution in [3.63, 3.8) is 0 Å². The highest BCUT2D eigenvalue weighted by Gasteiger charge is 2.20. The Morgan fingerprint density at radius 3 is 2.37 bits per heavy atom. The lowest BCUT2D eigenvalue weighted by atomic mass is 10.1. The van der Waals surface area contributed by atoms with Crippen LogP contribution in [0.15, 0.2) is 53.1 Å². The van der Waals surface area contributed by atoms with Crippen LogP contribution in [-0.4, -0.2) is 21.6 Å². The second-order valence-electron chi connectivity index (χ2n) is 5.60. The van der Waals surface area contributed by atoms with Gasteiger partial charge in [0.05, 0.1) is 5.56 Å². The summed E-state index contributed by atoms with van der Waals surface area (Å²) in [6, 6.07) is 9.51. The molecular weight excluding hydrogens is 422 g/mol. The van der Waals surface area contributed by atoms with E-state index in [1.807, 2.05) is 0 Å². The number of carbonyl (C=O) groups excluding carboxylic acids is 2. The van der Waals surface area contributed by atoms with E-state index < -0.39 is 23.4 Å². The Bertz CT molecular complexity index is 1020. The fourth-order valence-corrected chi connectivity index (χ4v) is 2.65. The Kier molecular flexibility index (Phi) is 5.31. The summed E-state index contributed by atoms with van der Waals surface area (Å²) < 4.78 is 29.3. The first kappa shape index (κ1) is 18.7. The molecule has 0 unspecified atom stereocenters. The Balaban J connectivity index is 1.79. The number of nitrogens with one attached hydrogen (secondary N) is 2. The van der Waals surface area contributed by atoms with Crippen molar-refractivity contribution in [1.82, 2.24) is 20.6 Å². The third kappa shape index (κ3) is 4.20. The van der Waals surface area contributed by atoms with Crippen molar-refractivity contribution in [2.24, 2.45) is 7.05 Å². The van der Waals surface area contributed by atoms with E-state index in [0.29, 0.717) is 11.6 Å². The molecular formula is C18H13BrF2N4O2. The number of aryl methyl sites for hydroxylation is 1. The highest BCUT2D eigenvalue weighted by Crippen LogP contribution is 2.25. The molecule has 0 radical (unpaired) electrons. The first-order chi connectivity index (χ1) is 12.8. The van der Waals surface area contributed by atoms with E-state index in [0.717, 1.165) is 10.5 Å². The minimum Gasteiger partial charge on any atom is -0.274 e. The van der Waals surface area contributed by atoms with Crippen molar-refractivity contribution in [2.45, 2.75) is 0 Å². The molecule has 27 heavy (non-hydrogen) atoms. The van der Waals surface area contributed by atoms with Crippen LogP contribution in [0.2, 0.25) is 0 Å². The van der Waals surface area contributed by atoms with Gasteiger partial charge in [0.15, 0.2) is 0 Å². The molecule has 0 spiro atoms. The van der Waals surface area contributed by atoms with Gasteiger partial charge in [-0.2, -0.15) is 5.10 Å². The van der Waals surface area contributed by atoms with Gasteiger partial charge in [-0.3, -0.25) is 25.1 Å². The molecule has 0 fully saturated rings. The van der Waals surface area contributed by atoms with E-state index in [9.17, 15) is 18.4 Å². The van der Waals surface area contributed by atoms with E-state index in [-0.39, 0.29) is 16.8 Å². The number of halogens is 3. The minimum atomic E-state index is -0.846. The highest BCUT2D eigenvalue weighted by atomic mass is 79.9. The van der Waals surface area contributed by atoms with Gasteiger partial charge in [-0.15, -0.1) is 0 Å². The van der Waals surface area contributed by atoms with Crippen LogP contribution in [0.4, 0.5) is 8.78 Å². The average Bonchev–Trinajstić information content (AvgIpc) is 3.01. The number of rotatable bonds is 3. The molecule has 2 N–H and O–H groups in total. The summed E-state index contributed by atoms with van der Waals surface area (Å²) in [5, 5.41) is 4.06. The van der Waals surface area contributed by atoms with E-state index in [2.05, 4.69) is 31.9 Å². The van der Waals surface area contributed by atoms with Gasteiger partial charge in [0, 0.05) is 34.9 Å². The normalized spacial score (nSPS) is 10.5. The second-order valence-corrected chi connectivity index (χ2v) is 6.52. The summed E-state index contributed by atoms with van der Waals surface area (Å²) in [6.07, 6.45) is 1.37. The molecule has 6 nitrogen and oxygen atoms in total. The number of nitrogens with zero attached hydrogens (tertiary/aromatic N) is 2. The van der Waals surface area contributed by atoms with Crippen molar-refractivity contribution in [1.29, 1.82) is 0 Å². The van der Waals surface area contributed by atoms with Gasteiger partial charge in [-0.05, 0) is 36.4 Å². The lowest BCUT2D eigenvalue weighted by Crippen LogP contribution is -2.41. The smallest absolute Gasteiger partial charge is 0.273 e. The standard InChI is InChI=1S/C18H13BrF2N4O2/c1-25-9-14(16(24-25)13-7-6-12(20)8-15(13)21)18(27)23-22-17(26)10-2-4-11(19)5-3-10/h2-9H,1H3,(H,22,26)(H,23,27). The Hall–Kier alpha value is -3.07. The predicted molar refractivity (Wildman–Crippen MR) is 97.6 cm³/mol. The van der Waals surface area contributed by atoms with E-state index in [1.54, 1.807) is 31.3 Å². The van der Waals surface area contributed by atoms with Crippen molar-refractivity contribution >= 4 is 27.7 Å². The number of hydrogen-bond acceptors (Lipinski definition) is 3. The third-order valence-electron chi connectivity index (χ3n) is 3.66. The summed E-state index contributed by atoms with van der Waals surface area (Å²) in [4.78, 5) is 24.5. The fraction of sp³-hybridized carbons (Fsp3) is 0.0556. The maximum atomic E-state index is 14.1. The van der Waals surface area contributed by atoms with Crippen molar-refractivity contribution in [3.8, 4) is 11.3 Å². The minimum absolute atomic E-state index is 0.0265. The number of carbonyl (C=O) groups is 2. The third-order valence-corrected chi connectivity index (χ3v) is 4.18. The van der Waals surface area contributed by atoms with Gasteiger partial charge in [0.1, 0.15) is 17.3 Å². The Morgan fingerprint density at radius 2 is 1.70 bits per heavy atom. The quantitative estimate of drug-likeness (QED) is 0.621. The van der Waals surface area contributed by atoms with E-state index >= 15 is 0 Å². The topological polar surface area (TPSA) is 76.0 Å². The van der Waals surface area contributed by atoms with Crippen LogP contribution in [0.25, 0.3) is 11.3 Å². The van der Waals surface area contributed by atoms with Crippen LogP contribution in [-0.2, 0) is 7.05 Å². The lowest BCUT2D eigenvalue weighted by Gasteiger charge is -2.08. The number of benzene rings is 2. The number of hydrazine groups is 1. The summed E-state index contributed by atoms with van der Waals surface area (Å²) in [6.45, 7) is 0. The molecule has 138 valence electrons. The zero-order valence-electron chi connectivity index (χ0n) is 14.0. The average molecular weight is 435 g/mol. The molecule has 1 heterocycles. The van der Waals surface area contributed by atoms with Gasteiger partial charge >= 0.3 is 0 Å². The van der Waals surface area contributed by atoms with Crippen LogP contribution < -0.4 is 10.9 Å². The molecule has 0 aliphatic rings. The molecule has 0 aliphatic heterocycles. The molecule has 0 saturated carbocycles. The van der Waals surface area contributed by atoms with Gasteiger partial charge in [-0.25, -0.2) is 8.78 Å². The van der Waals surface area contributed by atoms with Crippen LogP contribution in [0.3, 0.4) is 0 Å². The maximum Gasteiger partial charge on any atom is 0.273 e. The Labute approximate surface area is 161 Å². The first-order valence-electron chi connectivity index (χ1n) is 7.70. The fourth-order valence-electron chi connectivity index (χ4n) is 2.39. The predicted octanol–water partition coefficient (Wildman–Crippen LogP) is 3.20. The van der Waals surface area contributed by atoms with E-state index in [4.69, 9.17) is 0 Å². The van der Waals surface area contributed by atoms with Gasteiger partial charge < -0.3 is 0 Å². The largest absolute Gasteiger partial charge is 0.274 e. The van der Waals surface area contributed by atoms with Crippen molar-refractivity contribution < 1.29 is 18.4 Å². The Morgan fingerprint density at radius 1 is 1.04 bits per heavy atom. The molecule has 1 aromatic heterocycles. The molecule has 3 rings (SSSR count). The second kappa shape index (κ2) is 7.67. The monoisotopic (exact) mass is 434 g/mol. The molecule has 2 aromatic carbocycles. The molecule has 9 heteroatoms. The van der Waals surface area contributed by atoms with Crippen LogP contribution >= 0.6 is 15.9 Å². The summed E-state index contributed by atoms with van der Waals surface area (Å²) in [7, 11) is 1.56. The summed E-state index contributed by atoms with van der Waals surface area (Å²) in [5.41, 5.74) is 4.93. The summed E-state index contributed by atoms with van der Waals surface area (Å²) in [5.74, 6) is -2.79. The lowest BCUT2D eigenvalue weighted by molar-refractivity contribution is 0.0847. The molecule has 0 atom stereocenters. The summed E-state index contributed by atoms with van der Waals surface area (Å²) >= 11 is 3.27. The molecule has 2 amide bonds. The number of aromatic nitrogens is 2. The highest BCUT2D eigenvalue weighted by molar-refractivity contribution is 9.10. The zero-order chi connectivity index (χ0) is 19.6. The van der Waals surface area contributed by atoms with E-state index in [1.165, 1.54) is 16.9 Å². The first-order valence-corrected chi connectivity index (χ1v) is 8.50. The molecule has 0 bridgehead atoms.